The van der Waals surface area contributed by atoms with Crippen LogP contribution in [0.2, 0.25) is 0 Å². The van der Waals surface area contributed by atoms with Gasteiger partial charge in [0, 0.05) is 18.5 Å². The Hall–Kier alpha value is -3.79. The van der Waals surface area contributed by atoms with Gasteiger partial charge >= 0.3 is 6.09 Å². The molecule has 8 nitrogen and oxygen atoms in total. The maximum Gasteiger partial charge on any atom is 0.416 e. The lowest BCUT2D eigenvalue weighted by atomic mass is 9.93. The molecule has 1 aromatic heterocycles. The Balaban J connectivity index is 1.55. The first-order valence-corrected chi connectivity index (χ1v) is 12.8. The van der Waals surface area contributed by atoms with Gasteiger partial charge in [-0.15, -0.1) is 10.2 Å². The molecule has 2 aliphatic rings. The molecule has 2 aliphatic heterocycles. The number of alkyl halides is 1. The predicted molar refractivity (Wildman–Crippen MR) is 143 cm³/mol. The summed E-state index contributed by atoms with van der Waals surface area (Å²) in [5.74, 6) is -0.275. The molecule has 0 bridgehead atoms. The molecule has 39 heavy (non-hydrogen) atoms. The van der Waals surface area contributed by atoms with Gasteiger partial charge in [-0.05, 0) is 44.5 Å². The molecular weight excluding hydrogens is 506 g/mol. The average Bonchev–Trinajstić information content (AvgIpc) is 3.30. The molecule has 0 spiro atoms. The monoisotopic (exact) mass is 538 g/mol. The van der Waals surface area contributed by atoms with Crippen molar-refractivity contribution in [1.82, 2.24) is 10.2 Å². The first-order chi connectivity index (χ1) is 18.6. The van der Waals surface area contributed by atoms with Crippen LogP contribution < -0.4 is 14.5 Å². The Morgan fingerprint density at radius 3 is 2.59 bits per heavy atom. The van der Waals surface area contributed by atoms with Crippen LogP contribution in [0.3, 0.4) is 0 Å². The molecule has 1 saturated heterocycles. The molecule has 3 aromatic rings. The summed E-state index contributed by atoms with van der Waals surface area (Å²) in [6.07, 6.45) is -0.585. The number of amides is 1. The molecule has 0 aliphatic carbocycles. The molecule has 0 N–H and O–H groups in total. The van der Waals surface area contributed by atoms with Gasteiger partial charge in [0.1, 0.15) is 12.3 Å². The maximum atomic E-state index is 15.0. The van der Waals surface area contributed by atoms with Gasteiger partial charge in [0.15, 0.2) is 17.4 Å². The van der Waals surface area contributed by atoms with Gasteiger partial charge in [0.05, 0.1) is 43.3 Å². The number of fused-ring (bicyclic) bond motifs is 3. The highest BCUT2D eigenvalue weighted by Crippen LogP contribution is 2.47. The number of para-hydroxylation sites is 1. The molecule has 0 radical (unpaired) electrons. The first kappa shape index (κ1) is 26.8. The quantitative estimate of drug-likeness (QED) is 0.407. The molecule has 5 rings (SSSR count). The first-order valence-electron chi connectivity index (χ1n) is 12.8. The normalized spacial score (nSPS) is 20.4. The van der Waals surface area contributed by atoms with Crippen molar-refractivity contribution < 1.29 is 27.8 Å². The van der Waals surface area contributed by atoms with Gasteiger partial charge < -0.3 is 19.1 Å². The Morgan fingerprint density at radius 1 is 1.13 bits per heavy atom. The van der Waals surface area contributed by atoms with E-state index in [9.17, 15) is 9.18 Å². The van der Waals surface area contributed by atoms with Gasteiger partial charge in [0.2, 0.25) is 0 Å². The van der Waals surface area contributed by atoms with Gasteiger partial charge in [-0.1, -0.05) is 36.4 Å². The van der Waals surface area contributed by atoms with Crippen molar-refractivity contribution in [1.29, 1.82) is 0 Å². The zero-order valence-corrected chi connectivity index (χ0v) is 22.5. The number of methoxy groups -OCH3 is 1. The van der Waals surface area contributed by atoms with E-state index >= 15 is 4.39 Å². The summed E-state index contributed by atoms with van der Waals surface area (Å²) in [5, 5.41) is 8.67. The number of halogens is 2. The second-order valence-corrected chi connectivity index (χ2v) is 10.9. The van der Waals surface area contributed by atoms with E-state index in [1.165, 1.54) is 18.1 Å². The highest BCUT2D eigenvalue weighted by Gasteiger charge is 2.53. The fourth-order valence-corrected chi connectivity index (χ4v) is 5.22. The van der Waals surface area contributed by atoms with Crippen molar-refractivity contribution >= 4 is 17.6 Å². The number of ether oxygens (including phenoxy) is 3. The molecule has 1 fully saturated rings. The summed E-state index contributed by atoms with van der Waals surface area (Å²) in [6.45, 7) is 5.36. The van der Waals surface area contributed by atoms with Crippen molar-refractivity contribution in [2.75, 3.05) is 36.7 Å². The fourth-order valence-electron chi connectivity index (χ4n) is 5.22. The second kappa shape index (κ2) is 10.4. The highest BCUT2D eigenvalue weighted by atomic mass is 19.1. The summed E-state index contributed by atoms with van der Waals surface area (Å²) in [6, 6.07) is 16.0. The SMILES string of the molecule is COc1c(F)cccc1-c1cc2c(nn1)N(C(=O)OC(C)(C)C)C[C@@]1(CF)C[C@@H](OCc3ccccc3)CN21. The van der Waals surface area contributed by atoms with E-state index in [1.54, 1.807) is 39.0 Å². The number of benzene rings is 2. The van der Waals surface area contributed by atoms with Crippen LogP contribution >= 0.6 is 0 Å². The number of carbonyl (C=O) groups excluding carboxylic acids is 1. The summed E-state index contributed by atoms with van der Waals surface area (Å²) in [7, 11) is 1.38. The van der Waals surface area contributed by atoms with E-state index in [4.69, 9.17) is 14.2 Å². The topological polar surface area (TPSA) is 77.0 Å². The van der Waals surface area contributed by atoms with Crippen LogP contribution in [0, 0.1) is 5.82 Å². The molecular formula is C29H32F2N4O4. The lowest BCUT2D eigenvalue weighted by molar-refractivity contribution is 0.0460. The highest BCUT2D eigenvalue weighted by molar-refractivity contribution is 5.94. The third-order valence-corrected chi connectivity index (χ3v) is 6.96. The number of carbonyl (C=O) groups is 1. The summed E-state index contributed by atoms with van der Waals surface area (Å²) < 4.78 is 46.7. The molecule has 1 amide bonds. The van der Waals surface area contributed by atoms with Crippen molar-refractivity contribution in [3.8, 4) is 17.0 Å². The molecule has 3 heterocycles. The van der Waals surface area contributed by atoms with Crippen molar-refractivity contribution in [2.24, 2.45) is 0 Å². The number of nitrogens with zero attached hydrogens (tertiary/aromatic N) is 4. The standard InChI is InChI=1S/C29H32F2N4O4/c1-28(2,3)39-27(36)34-18-29(17-30)14-20(38-16-19-9-6-5-7-10-19)15-35(29)24-13-23(32-33-26(24)34)21-11-8-12-22(31)25(21)37-4/h5-13,20H,14-18H2,1-4H3/t20-,29+/m1/s1. The lowest BCUT2D eigenvalue weighted by Crippen LogP contribution is -2.60. The van der Waals surface area contributed by atoms with E-state index in [0.29, 0.717) is 36.5 Å². The van der Waals surface area contributed by atoms with E-state index < -0.39 is 29.7 Å². The van der Waals surface area contributed by atoms with Crippen LogP contribution in [-0.2, 0) is 16.1 Å². The van der Waals surface area contributed by atoms with Crippen LogP contribution in [0.5, 0.6) is 5.75 Å². The van der Waals surface area contributed by atoms with Gasteiger partial charge in [-0.2, -0.15) is 0 Å². The van der Waals surface area contributed by atoms with E-state index in [1.807, 2.05) is 35.2 Å². The Labute approximate surface area is 226 Å². The number of aromatic nitrogens is 2. The number of hydrogen-bond donors (Lipinski definition) is 0. The van der Waals surface area contributed by atoms with Crippen LogP contribution in [0.4, 0.5) is 25.1 Å². The minimum absolute atomic E-state index is 0.0217. The molecule has 0 unspecified atom stereocenters. The number of anilines is 2. The molecule has 2 atom stereocenters. The minimum Gasteiger partial charge on any atom is -0.493 e. The Bertz CT molecular complexity index is 1350. The number of hydrogen-bond acceptors (Lipinski definition) is 7. The van der Waals surface area contributed by atoms with Gasteiger partial charge in [0.25, 0.3) is 0 Å². The lowest BCUT2D eigenvalue weighted by Gasteiger charge is -2.46. The zero-order chi connectivity index (χ0) is 27.8. The molecule has 0 saturated carbocycles. The molecule has 10 heteroatoms. The third-order valence-electron chi connectivity index (χ3n) is 6.96. The zero-order valence-electron chi connectivity index (χ0n) is 22.5. The summed E-state index contributed by atoms with van der Waals surface area (Å²) in [5.41, 5.74) is 0.404. The van der Waals surface area contributed by atoms with E-state index in [2.05, 4.69) is 10.2 Å². The van der Waals surface area contributed by atoms with Crippen LogP contribution in [-0.4, -0.2) is 60.4 Å². The maximum absolute atomic E-state index is 15.0. The smallest absolute Gasteiger partial charge is 0.416 e. The number of rotatable bonds is 6. The summed E-state index contributed by atoms with van der Waals surface area (Å²) >= 11 is 0. The Kier molecular flexibility index (Phi) is 7.15. The second-order valence-electron chi connectivity index (χ2n) is 10.9. The minimum atomic E-state index is -1.06. The van der Waals surface area contributed by atoms with Crippen molar-refractivity contribution in [3.63, 3.8) is 0 Å². The van der Waals surface area contributed by atoms with E-state index in [0.717, 1.165) is 5.56 Å². The third kappa shape index (κ3) is 5.25. The van der Waals surface area contributed by atoms with Gasteiger partial charge in [-0.25, -0.2) is 13.6 Å². The Morgan fingerprint density at radius 2 is 1.90 bits per heavy atom. The summed E-state index contributed by atoms with van der Waals surface area (Å²) in [4.78, 5) is 16.6. The van der Waals surface area contributed by atoms with Crippen LogP contribution in [0.25, 0.3) is 11.3 Å². The largest absolute Gasteiger partial charge is 0.493 e. The van der Waals surface area contributed by atoms with E-state index in [-0.39, 0.29) is 24.2 Å². The molecule has 206 valence electrons. The van der Waals surface area contributed by atoms with Crippen molar-refractivity contribution in [2.45, 2.75) is 51.0 Å². The fraction of sp³-hybridized carbons (Fsp3) is 0.414. The van der Waals surface area contributed by atoms with Crippen LogP contribution in [0.1, 0.15) is 32.8 Å². The van der Waals surface area contributed by atoms with Gasteiger partial charge in [-0.3, -0.25) is 4.90 Å². The average molecular weight is 539 g/mol. The van der Waals surface area contributed by atoms with Crippen LogP contribution in [0.15, 0.2) is 54.6 Å². The molecule has 2 aromatic carbocycles. The predicted octanol–water partition coefficient (Wildman–Crippen LogP) is 5.55. The van der Waals surface area contributed by atoms with Crippen molar-refractivity contribution in [3.05, 3.63) is 66.0 Å².